The lowest BCUT2D eigenvalue weighted by Crippen LogP contribution is -2.46. The Balaban J connectivity index is 2.13. The van der Waals surface area contributed by atoms with Gasteiger partial charge >= 0.3 is 6.09 Å². The molecule has 0 aliphatic rings. The Morgan fingerprint density at radius 2 is 1.81 bits per heavy atom. The molecule has 0 fully saturated rings. The van der Waals surface area contributed by atoms with Crippen LogP contribution in [0.25, 0.3) is 20.8 Å². The van der Waals surface area contributed by atoms with Crippen molar-refractivity contribution in [2.75, 3.05) is 12.0 Å². The lowest BCUT2D eigenvalue weighted by Gasteiger charge is -2.33. The molecule has 0 atom stereocenters. The van der Waals surface area contributed by atoms with E-state index in [0.717, 1.165) is 4.70 Å². The number of carbonyl (C=O) groups is 1. The van der Waals surface area contributed by atoms with Gasteiger partial charge in [0.15, 0.2) is 0 Å². The van der Waals surface area contributed by atoms with Gasteiger partial charge in [0.1, 0.15) is 16.5 Å². The molecule has 134 valence electrons. The van der Waals surface area contributed by atoms with Crippen LogP contribution in [0.15, 0.2) is 47.3 Å². The number of carbonyl (C=O) groups excluding carboxylic acids is 1. The molecule has 0 N–H and O–H groups in total. The molecule has 0 aliphatic carbocycles. The van der Waals surface area contributed by atoms with Crippen molar-refractivity contribution in [2.45, 2.75) is 26.3 Å². The minimum atomic E-state index is -0.525. The Kier molecular flexibility index (Phi) is 4.73. The van der Waals surface area contributed by atoms with Crippen LogP contribution in [0.4, 0.5) is 10.6 Å². The number of rotatable bonds is 2. The SMILES string of the molecule is COC(=O)N(c1cccc(-c2nc(=O)c3ccccc3s2)n1)C(C)(C)C. The van der Waals surface area contributed by atoms with Gasteiger partial charge in [-0.2, -0.15) is 4.98 Å². The summed E-state index contributed by atoms with van der Waals surface area (Å²) in [5.41, 5.74) is -0.279. The molecule has 0 saturated heterocycles. The minimum Gasteiger partial charge on any atom is -0.452 e. The number of benzene rings is 1. The molecular weight excluding hydrogens is 350 g/mol. The number of nitrogens with zero attached hydrogens (tertiary/aromatic N) is 3. The third-order valence-electron chi connectivity index (χ3n) is 3.74. The molecule has 0 radical (unpaired) electrons. The van der Waals surface area contributed by atoms with E-state index in [1.54, 1.807) is 24.3 Å². The normalized spacial score (nSPS) is 11.4. The van der Waals surface area contributed by atoms with Crippen LogP contribution in [0.2, 0.25) is 0 Å². The number of fused-ring (bicyclic) bond motifs is 1. The summed E-state index contributed by atoms with van der Waals surface area (Å²) in [5, 5.41) is 1.09. The summed E-state index contributed by atoms with van der Waals surface area (Å²) in [6, 6.07) is 12.6. The molecule has 0 bridgehead atoms. The second-order valence-electron chi connectivity index (χ2n) is 6.68. The predicted octanol–water partition coefficient (Wildman–Crippen LogP) is 4.09. The predicted molar refractivity (Wildman–Crippen MR) is 104 cm³/mol. The molecule has 2 heterocycles. The number of aromatic nitrogens is 2. The molecule has 3 aromatic rings. The average Bonchev–Trinajstić information content (AvgIpc) is 2.61. The molecule has 0 unspecified atom stereocenters. The van der Waals surface area contributed by atoms with E-state index >= 15 is 0 Å². The largest absolute Gasteiger partial charge is 0.452 e. The van der Waals surface area contributed by atoms with E-state index in [0.29, 0.717) is 21.9 Å². The summed E-state index contributed by atoms with van der Waals surface area (Å²) >= 11 is 1.39. The van der Waals surface area contributed by atoms with E-state index in [9.17, 15) is 9.59 Å². The Labute approximate surface area is 155 Å². The highest BCUT2D eigenvalue weighted by atomic mass is 32.1. The number of amides is 1. The van der Waals surface area contributed by atoms with Crippen LogP contribution in [-0.2, 0) is 4.74 Å². The first kappa shape index (κ1) is 18.0. The van der Waals surface area contributed by atoms with E-state index in [4.69, 9.17) is 4.74 Å². The molecule has 1 amide bonds. The van der Waals surface area contributed by atoms with Gasteiger partial charge in [0.2, 0.25) is 0 Å². The van der Waals surface area contributed by atoms with Crippen molar-refractivity contribution in [1.29, 1.82) is 0 Å². The van der Waals surface area contributed by atoms with Crippen LogP contribution in [0.5, 0.6) is 0 Å². The zero-order valence-electron chi connectivity index (χ0n) is 15.0. The zero-order chi connectivity index (χ0) is 18.9. The zero-order valence-corrected chi connectivity index (χ0v) is 15.8. The number of ether oxygens (including phenoxy) is 1. The van der Waals surface area contributed by atoms with Crippen molar-refractivity contribution in [1.82, 2.24) is 9.97 Å². The molecule has 0 saturated carbocycles. The van der Waals surface area contributed by atoms with Gasteiger partial charge in [0, 0.05) is 10.2 Å². The van der Waals surface area contributed by atoms with E-state index in [-0.39, 0.29) is 5.56 Å². The Morgan fingerprint density at radius 3 is 2.50 bits per heavy atom. The molecule has 3 rings (SSSR count). The first-order chi connectivity index (χ1) is 12.3. The van der Waals surface area contributed by atoms with Crippen molar-refractivity contribution >= 4 is 33.3 Å². The monoisotopic (exact) mass is 369 g/mol. The number of hydrogen-bond donors (Lipinski definition) is 0. The fourth-order valence-corrected chi connectivity index (χ4v) is 3.56. The maximum atomic E-state index is 12.3. The van der Waals surface area contributed by atoms with Crippen LogP contribution in [0.1, 0.15) is 20.8 Å². The Hall–Kier alpha value is -2.80. The molecule has 1 aromatic carbocycles. The Bertz CT molecular complexity index is 1020. The highest BCUT2D eigenvalue weighted by Crippen LogP contribution is 2.28. The third kappa shape index (κ3) is 3.43. The average molecular weight is 369 g/mol. The Morgan fingerprint density at radius 1 is 1.08 bits per heavy atom. The quantitative estimate of drug-likeness (QED) is 0.680. The van der Waals surface area contributed by atoms with Crippen molar-refractivity contribution in [2.24, 2.45) is 0 Å². The maximum absolute atomic E-state index is 12.3. The van der Waals surface area contributed by atoms with Crippen LogP contribution in [0.3, 0.4) is 0 Å². The van der Waals surface area contributed by atoms with Gasteiger partial charge in [0.25, 0.3) is 5.56 Å². The first-order valence-corrected chi connectivity index (χ1v) is 8.88. The fourth-order valence-electron chi connectivity index (χ4n) is 2.59. The van der Waals surface area contributed by atoms with Crippen molar-refractivity contribution in [3.05, 3.63) is 52.8 Å². The van der Waals surface area contributed by atoms with Gasteiger partial charge in [-0.05, 0) is 45.0 Å². The van der Waals surface area contributed by atoms with Gasteiger partial charge in [-0.15, -0.1) is 11.3 Å². The summed E-state index contributed by atoms with van der Waals surface area (Å²) in [6.07, 6.45) is -0.498. The van der Waals surface area contributed by atoms with E-state index in [1.165, 1.54) is 23.3 Å². The molecule has 0 aliphatic heterocycles. The molecule has 6 nitrogen and oxygen atoms in total. The second kappa shape index (κ2) is 6.84. The van der Waals surface area contributed by atoms with Crippen LogP contribution in [-0.4, -0.2) is 28.7 Å². The number of anilines is 1. The van der Waals surface area contributed by atoms with Crippen molar-refractivity contribution in [3.8, 4) is 10.7 Å². The van der Waals surface area contributed by atoms with Gasteiger partial charge in [-0.1, -0.05) is 18.2 Å². The van der Waals surface area contributed by atoms with Crippen LogP contribution >= 0.6 is 11.3 Å². The fraction of sp³-hybridized carbons (Fsp3) is 0.263. The highest BCUT2D eigenvalue weighted by molar-refractivity contribution is 7.21. The summed E-state index contributed by atoms with van der Waals surface area (Å²) in [7, 11) is 1.33. The second-order valence-corrected chi connectivity index (χ2v) is 7.71. The van der Waals surface area contributed by atoms with Crippen molar-refractivity contribution < 1.29 is 9.53 Å². The van der Waals surface area contributed by atoms with Gasteiger partial charge in [-0.25, -0.2) is 9.78 Å². The third-order valence-corrected chi connectivity index (χ3v) is 4.81. The smallest absolute Gasteiger partial charge is 0.415 e. The summed E-state index contributed by atoms with van der Waals surface area (Å²) in [5.74, 6) is 0.441. The molecule has 0 spiro atoms. The number of methoxy groups -OCH3 is 1. The molecule has 2 aromatic heterocycles. The molecule has 7 heteroatoms. The van der Waals surface area contributed by atoms with Crippen molar-refractivity contribution in [3.63, 3.8) is 0 Å². The minimum absolute atomic E-state index is 0.290. The van der Waals surface area contributed by atoms with Gasteiger partial charge in [0.05, 0.1) is 12.5 Å². The maximum Gasteiger partial charge on any atom is 0.415 e. The van der Waals surface area contributed by atoms with E-state index in [1.807, 2.05) is 39.0 Å². The lowest BCUT2D eigenvalue weighted by molar-refractivity contribution is 0.172. The standard InChI is InChI=1S/C19H19N3O3S/c1-19(2,3)22(18(24)25-4)15-11-7-9-13(20-15)17-21-16(23)12-8-5-6-10-14(12)26-17/h5-11H,1-4H3. The van der Waals surface area contributed by atoms with Gasteiger partial charge in [-0.3, -0.25) is 9.69 Å². The van der Waals surface area contributed by atoms with E-state index < -0.39 is 11.6 Å². The lowest BCUT2D eigenvalue weighted by atomic mass is 10.1. The number of hydrogen-bond acceptors (Lipinski definition) is 6. The van der Waals surface area contributed by atoms with Crippen LogP contribution in [0, 0.1) is 0 Å². The first-order valence-electron chi connectivity index (χ1n) is 8.07. The summed E-state index contributed by atoms with van der Waals surface area (Å²) in [4.78, 5) is 34.7. The summed E-state index contributed by atoms with van der Waals surface area (Å²) < 4.78 is 5.74. The van der Waals surface area contributed by atoms with Gasteiger partial charge < -0.3 is 4.74 Å². The van der Waals surface area contributed by atoms with Crippen LogP contribution < -0.4 is 10.5 Å². The van der Waals surface area contributed by atoms with E-state index in [2.05, 4.69) is 9.97 Å². The summed E-state index contributed by atoms with van der Waals surface area (Å²) in [6.45, 7) is 5.68. The highest BCUT2D eigenvalue weighted by Gasteiger charge is 2.30. The topological polar surface area (TPSA) is 72.4 Å². The molecule has 26 heavy (non-hydrogen) atoms. The number of pyridine rings is 1. The molecular formula is C19H19N3O3S.